The molecule has 0 radical (unpaired) electrons. The number of fused-ring (bicyclic) bond motifs is 1. The maximum absolute atomic E-state index is 5.56. The topological polar surface area (TPSA) is 63.8 Å². The molecule has 1 aliphatic carbocycles. The van der Waals surface area contributed by atoms with Crippen molar-refractivity contribution in [3.05, 3.63) is 54.2 Å². The van der Waals surface area contributed by atoms with Crippen molar-refractivity contribution < 1.29 is 0 Å². The molecule has 0 unspecified atom stereocenters. The number of benzene rings is 2. The maximum Gasteiger partial charge on any atom is 0.162 e. The number of aromatic nitrogens is 2. The first-order chi connectivity index (χ1) is 10.3. The first-order valence-corrected chi connectivity index (χ1v) is 7.19. The zero-order valence-electron chi connectivity index (χ0n) is 11.6. The van der Waals surface area contributed by atoms with Gasteiger partial charge in [0.15, 0.2) is 5.82 Å². The number of nitrogens with one attached hydrogen (secondary N) is 1. The van der Waals surface area contributed by atoms with Gasteiger partial charge in [-0.15, -0.1) is 0 Å². The molecular formula is C17H16N4. The number of nitrogens with zero attached hydrogens (tertiary/aromatic N) is 2. The average Bonchev–Trinajstić information content (AvgIpc) is 3.39. The fraction of sp³-hybridized carbons (Fsp3) is 0.176. The molecule has 1 fully saturated rings. The minimum Gasteiger partial charge on any atom is -0.308 e. The number of anilines is 1. The van der Waals surface area contributed by atoms with E-state index in [9.17, 15) is 0 Å². The maximum atomic E-state index is 5.56. The van der Waals surface area contributed by atoms with E-state index in [1.807, 2.05) is 24.3 Å². The molecule has 104 valence electrons. The van der Waals surface area contributed by atoms with Crippen molar-refractivity contribution in [3.8, 4) is 11.4 Å². The van der Waals surface area contributed by atoms with E-state index in [1.54, 1.807) is 0 Å². The minimum absolute atomic E-state index is 0.564. The number of hydrogen-bond donors (Lipinski definition) is 2. The molecule has 4 heteroatoms. The summed E-state index contributed by atoms with van der Waals surface area (Å²) < 4.78 is 0. The Kier molecular flexibility index (Phi) is 2.82. The second kappa shape index (κ2) is 4.82. The van der Waals surface area contributed by atoms with Crippen LogP contribution in [-0.4, -0.2) is 9.97 Å². The van der Waals surface area contributed by atoms with Crippen molar-refractivity contribution in [2.45, 2.75) is 18.8 Å². The lowest BCUT2D eigenvalue weighted by molar-refractivity contribution is 0.992. The standard InChI is InChI=1S/C17H16N4/c18-21-16-10-15(12-8-9-12)19-17(20-16)14-7-3-5-11-4-1-2-6-13(11)14/h1-7,10,12H,8-9,18H2,(H,19,20,21). The third-order valence-corrected chi connectivity index (χ3v) is 3.92. The summed E-state index contributed by atoms with van der Waals surface area (Å²) in [6.45, 7) is 0. The first-order valence-electron chi connectivity index (χ1n) is 7.19. The van der Waals surface area contributed by atoms with Crippen LogP contribution >= 0.6 is 0 Å². The molecule has 1 heterocycles. The minimum atomic E-state index is 0.564. The molecule has 1 aliphatic rings. The van der Waals surface area contributed by atoms with Gasteiger partial charge in [0.1, 0.15) is 5.82 Å². The summed E-state index contributed by atoms with van der Waals surface area (Å²) in [6, 6.07) is 16.4. The molecule has 4 rings (SSSR count). The summed E-state index contributed by atoms with van der Waals surface area (Å²) in [4.78, 5) is 9.29. The Bertz CT molecular complexity index is 803. The van der Waals surface area contributed by atoms with Crippen LogP contribution in [0.4, 0.5) is 5.82 Å². The fourth-order valence-corrected chi connectivity index (χ4v) is 2.67. The van der Waals surface area contributed by atoms with Gasteiger partial charge in [-0.1, -0.05) is 42.5 Å². The molecule has 3 aromatic rings. The largest absolute Gasteiger partial charge is 0.308 e. The van der Waals surface area contributed by atoms with Crippen LogP contribution in [0.1, 0.15) is 24.5 Å². The van der Waals surface area contributed by atoms with E-state index in [-0.39, 0.29) is 0 Å². The monoisotopic (exact) mass is 276 g/mol. The zero-order chi connectivity index (χ0) is 14.2. The number of nitrogen functional groups attached to an aromatic ring is 1. The molecule has 0 aliphatic heterocycles. The van der Waals surface area contributed by atoms with Gasteiger partial charge in [0, 0.05) is 23.2 Å². The van der Waals surface area contributed by atoms with Crippen LogP contribution in [0.2, 0.25) is 0 Å². The number of hydrazine groups is 1. The molecule has 0 amide bonds. The smallest absolute Gasteiger partial charge is 0.162 e. The van der Waals surface area contributed by atoms with Crippen molar-refractivity contribution in [1.29, 1.82) is 0 Å². The van der Waals surface area contributed by atoms with E-state index in [0.29, 0.717) is 11.7 Å². The van der Waals surface area contributed by atoms with Crippen LogP contribution in [0.15, 0.2) is 48.5 Å². The van der Waals surface area contributed by atoms with Crippen molar-refractivity contribution >= 4 is 16.6 Å². The van der Waals surface area contributed by atoms with Gasteiger partial charge >= 0.3 is 0 Å². The van der Waals surface area contributed by atoms with Gasteiger partial charge < -0.3 is 5.43 Å². The zero-order valence-corrected chi connectivity index (χ0v) is 11.6. The van der Waals surface area contributed by atoms with Crippen molar-refractivity contribution in [2.75, 3.05) is 5.43 Å². The molecule has 1 saturated carbocycles. The van der Waals surface area contributed by atoms with Crippen LogP contribution in [0.3, 0.4) is 0 Å². The van der Waals surface area contributed by atoms with Gasteiger partial charge in [-0.2, -0.15) is 0 Å². The summed E-state index contributed by atoms with van der Waals surface area (Å²) in [5, 5.41) is 2.36. The van der Waals surface area contributed by atoms with Gasteiger partial charge in [0.25, 0.3) is 0 Å². The highest BCUT2D eigenvalue weighted by Crippen LogP contribution is 2.40. The molecule has 0 spiro atoms. The normalized spacial score (nSPS) is 14.3. The van der Waals surface area contributed by atoms with Gasteiger partial charge in [-0.05, 0) is 23.6 Å². The number of hydrogen-bond acceptors (Lipinski definition) is 4. The molecule has 21 heavy (non-hydrogen) atoms. The molecular weight excluding hydrogens is 260 g/mol. The van der Waals surface area contributed by atoms with Gasteiger partial charge in [-0.3, -0.25) is 0 Å². The molecule has 0 saturated heterocycles. The number of rotatable bonds is 3. The lowest BCUT2D eigenvalue weighted by atomic mass is 10.0. The summed E-state index contributed by atoms with van der Waals surface area (Å²) in [5.74, 6) is 7.54. The lowest BCUT2D eigenvalue weighted by Crippen LogP contribution is -2.10. The van der Waals surface area contributed by atoms with E-state index in [1.165, 1.54) is 18.2 Å². The molecule has 4 nitrogen and oxygen atoms in total. The van der Waals surface area contributed by atoms with E-state index < -0.39 is 0 Å². The van der Waals surface area contributed by atoms with Gasteiger partial charge in [0.05, 0.1) is 0 Å². The van der Waals surface area contributed by atoms with E-state index in [0.717, 1.165) is 22.5 Å². The predicted molar refractivity (Wildman–Crippen MR) is 84.8 cm³/mol. The van der Waals surface area contributed by atoms with Crippen LogP contribution < -0.4 is 11.3 Å². The third kappa shape index (κ3) is 2.23. The first kappa shape index (κ1) is 12.3. The predicted octanol–water partition coefficient (Wildman–Crippen LogP) is 3.46. The van der Waals surface area contributed by atoms with Crippen molar-refractivity contribution in [1.82, 2.24) is 9.97 Å². The highest BCUT2D eigenvalue weighted by Gasteiger charge is 2.26. The van der Waals surface area contributed by atoms with Crippen molar-refractivity contribution in [3.63, 3.8) is 0 Å². The van der Waals surface area contributed by atoms with Gasteiger partial charge in [-0.25, -0.2) is 15.8 Å². The van der Waals surface area contributed by atoms with Gasteiger partial charge in [0.2, 0.25) is 0 Å². The molecule has 3 N–H and O–H groups in total. The van der Waals surface area contributed by atoms with Crippen LogP contribution in [0, 0.1) is 0 Å². The van der Waals surface area contributed by atoms with E-state index in [4.69, 9.17) is 10.8 Å². The summed E-state index contributed by atoms with van der Waals surface area (Å²) in [7, 11) is 0. The Balaban J connectivity index is 1.93. The quantitative estimate of drug-likeness (QED) is 0.568. The Morgan fingerprint density at radius 1 is 1.00 bits per heavy atom. The fourth-order valence-electron chi connectivity index (χ4n) is 2.67. The third-order valence-electron chi connectivity index (χ3n) is 3.92. The van der Waals surface area contributed by atoms with E-state index >= 15 is 0 Å². The Morgan fingerprint density at radius 2 is 1.81 bits per heavy atom. The summed E-state index contributed by atoms with van der Waals surface area (Å²) >= 11 is 0. The summed E-state index contributed by atoms with van der Waals surface area (Å²) in [5.41, 5.74) is 4.79. The summed E-state index contributed by atoms with van der Waals surface area (Å²) in [6.07, 6.45) is 2.41. The van der Waals surface area contributed by atoms with E-state index in [2.05, 4.69) is 34.7 Å². The Labute approximate surface area is 123 Å². The second-order valence-electron chi connectivity index (χ2n) is 5.45. The lowest BCUT2D eigenvalue weighted by Gasteiger charge is -2.09. The highest BCUT2D eigenvalue weighted by atomic mass is 15.3. The molecule has 0 atom stereocenters. The number of nitrogens with two attached hydrogens (primary N) is 1. The van der Waals surface area contributed by atoms with Crippen LogP contribution in [-0.2, 0) is 0 Å². The average molecular weight is 276 g/mol. The second-order valence-corrected chi connectivity index (χ2v) is 5.45. The Morgan fingerprint density at radius 3 is 2.62 bits per heavy atom. The highest BCUT2D eigenvalue weighted by molar-refractivity contribution is 5.95. The molecule has 0 bridgehead atoms. The molecule has 2 aromatic carbocycles. The Hall–Kier alpha value is -2.46. The van der Waals surface area contributed by atoms with Crippen molar-refractivity contribution in [2.24, 2.45) is 5.84 Å². The SMILES string of the molecule is NNc1cc(C2CC2)nc(-c2cccc3ccccc23)n1. The van der Waals surface area contributed by atoms with Crippen LogP contribution in [0.25, 0.3) is 22.2 Å². The van der Waals surface area contributed by atoms with Crippen LogP contribution in [0.5, 0.6) is 0 Å². The molecule has 1 aromatic heterocycles.